The van der Waals surface area contributed by atoms with E-state index in [2.05, 4.69) is 23.7 Å². The smallest absolute Gasteiger partial charge is 0.140 e. The molecule has 1 aliphatic rings. The molecule has 4 nitrogen and oxygen atoms in total. The van der Waals surface area contributed by atoms with Gasteiger partial charge in [0.05, 0.1) is 0 Å². The summed E-state index contributed by atoms with van der Waals surface area (Å²) in [5.74, 6) is 0.802. The van der Waals surface area contributed by atoms with Gasteiger partial charge in [-0.15, -0.1) is 0 Å². The zero-order valence-corrected chi connectivity index (χ0v) is 10.3. The van der Waals surface area contributed by atoms with E-state index < -0.39 is 5.60 Å². The maximum atomic E-state index is 10.6. The fourth-order valence-electron chi connectivity index (χ4n) is 2.45. The maximum absolute atomic E-state index is 10.6. The highest BCUT2D eigenvalue weighted by Gasteiger charge is 2.37. The molecule has 0 saturated carbocycles. The molecule has 0 aliphatic carbocycles. The standard InChI is InChI=1S/C12H21N3O/c1-10(2)15-7-4-12(16,5-8-15)11-13-6-9-14(11)3/h6,9-10,16H,4-5,7-8H2,1-3H3. The Balaban J connectivity index is 2.10. The van der Waals surface area contributed by atoms with E-state index in [1.807, 2.05) is 17.8 Å². The van der Waals surface area contributed by atoms with Gasteiger partial charge in [0.15, 0.2) is 0 Å². The Morgan fingerprint density at radius 2 is 2.00 bits per heavy atom. The third-order valence-corrected chi connectivity index (χ3v) is 3.59. The van der Waals surface area contributed by atoms with Crippen molar-refractivity contribution in [3.8, 4) is 0 Å². The summed E-state index contributed by atoms with van der Waals surface area (Å²) >= 11 is 0. The molecule has 1 aromatic rings. The van der Waals surface area contributed by atoms with Crippen LogP contribution in [0.25, 0.3) is 0 Å². The Bertz CT molecular complexity index is 351. The SMILES string of the molecule is CC(C)N1CCC(O)(c2nccn2C)CC1. The number of aryl methyl sites for hydroxylation is 1. The second-order valence-corrected chi connectivity index (χ2v) is 5.02. The number of aliphatic hydroxyl groups is 1. The van der Waals surface area contributed by atoms with Crippen LogP contribution in [-0.4, -0.2) is 38.7 Å². The predicted molar refractivity (Wildman–Crippen MR) is 63.0 cm³/mol. The molecule has 0 atom stereocenters. The van der Waals surface area contributed by atoms with Crippen LogP contribution in [0.4, 0.5) is 0 Å². The Morgan fingerprint density at radius 3 is 2.44 bits per heavy atom. The maximum Gasteiger partial charge on any atom is 0.140 e. The van der Waals surface area contributed by atoms with Crippen molar-refractivity contribution < 1.29 is 5.11 Å². The molecule has 0 spiro atoms. The Morgan fingerprint density at radius 1 is 1.38 bits per heavy atom. The average molecular weight is 223 g/mol. The van der Waals surface area contributed by atoms with E-state index in [9.17, 15) is 5.11 Å². The van der Waals surface area contributed by atoms with Gasteiger partial charge < -0.3 is 14.6 Å². The molecule has 4 heteroatoms. The molecule has 0 unspecified atom stereocenters. The second-order valence-electron chi connectivity index (χ2n) is 5.02. The zero-order chi connectivity index (χ0) is 11.8. The first kappa shape index (κ1) is 11.6. The van der Waals surface area contributed by atoms with Crippen LogP contribution in [0, 0.1) is 0 Å². The Kier molecular flexibility index (Phi) is 3.04. The number of piperidine rings is 1. The molecule has 0 aromatic carbocycles. The molecule has 1 aromatic heterocycles. The van der Waals surface area contributed by atoms with E-state index in [1.165, 1.54) is 0 Å². The molecule has 2 heterocycles. The summed E-state index contributed by atoms with van der Waals surface area (Å²) < 4.78 is 1.92. The fourth-order valence-corrected chi connectivity index (χ4v) is 2.45. The quantitative estimate of drug-likeness (QED) is 0.816. The molecular formula is C12H21N3O. The Labute approximate surface area is 96.9 Å². The van der Waals surface area contributed by atoms with Crippen molar-refractivity contribution in [2.24, 2.45) is 7.05 Å². The topological polar surface area (TPSA) is 41.3 Å². The summed E-state index contributed by atoms with van der Waals surface area (Å²) in [6, 6.07) is 0.561. The number of rotatable bonds is 2. The molecule has 0 bridgehead atoms. The van der Waals surface area contributed by atoms with Crippen molar-refractivity contribution in [1.29, 1.82) is 0 Å². The third kappa shape index (κ3) is 1.99. The normalized spacial score (nSPS) is 21.6. The van der Waals surface area contributed by atoms with Gasteiger partial charge in [-0.3, -0.25) is 0 Å². The Hall–Kier alpha value is -0.870. The van der Waals surface area contributed by atoms with E-state index in [0.717, 1.165) is 31.8 Å². The third-order valence-electron chi connectivity index (χ3n) is 3.59. The monoisotopic (exact) mass is 223 g/mol. The molecule has 1 fully saturated rings. The molecule has 0 amide bonds. The number of nitrogens with zero attached hydrogens (tertiary/aromatic N) is 3. The van der Waals surface area contributed by atoms with Gasteiger partial charge in [0.25, 0.3) is 0 Å². The molecule has 90 valence electrons. The lowest BCUT2D eigenvalue weighted by Gasteiger charge is -2.39. The number of aromatic nitrogens is 2. The summed E-state index contributed by atoms with van der Waals surface area (Å²) in [5, 5.41) is 10.6. The van der Waals surface area contributed by atoms with Crippen LogP contribution < -0.4 is 0 Å². The van der Waals surface area contributed by atoms with Crippen LogP contribution in [-0.2, 0) is 12.6 Å². The van der Waals surface area contributed by atoms with E-state index >= 15 is 0 Å². The van der Waals surface area contributed by atoms with Crippen LogP contribution in [0.1, 0.15) is 32.5 Å². The first-order chi connectivity index (χ1) is 7.53. The van der Waals surface area contributed by atoms with Gasteiger partial charge >= 0.3 is 0 Å². The van der Waals surface area contributed by atoms with E-state index in [0.29, 0.717) is 6.04 Å². The molecule has 2 rings (SSSR count). The first-order valence-electron chi connectivity index (χ1n) is 5.97. The van der Waals surface area contributed by atoms with Gasteiger partial charge in [-0.2, -0.15) is 0 Å². The van der Waals surface area contributed by atoms with Crippen molar-refractivity contribution in [1.82, 2.24) is 14.5 Å². The van der Waals surface area contributed by atoms with Crippen LogP contribution in [0.3, 0.4) is 0 Å². The fraction of sp³-hybridized carbons (Fsp3) is 0.750. The van der Waals surface area contributed by atoms with Crippen molar-refractivity contribution in [3.05, 3.63) is 18.2 Å². The highest BCUT2D eigenvalue weighted by Crippen LogP contribution is 2.31. The summed E-state index contributed by atoms with van der Waals surface area (Å²) in [4.78, 5) is 6.68. The van der Waals surface area contributed by atoms with Gasteiger partial charge in [-0.05, 0) is 26.7 Å². The van der Waals surface area contributed by atoms with Crippen LogP contribution in [0.2, 0.25) is 0 Å². The van der Waals surface area contributed by atoms with Crippen molar-refractivity contribution in [2.75, 3.05) is 13.1 Å². The van der Waals surface area contributed by atoms with Gasteiger partial charge in [0.1, 0.15) is 11.4 Å². The van der Waals surface area contributed by atoms with Crippen LogP contribution in [0.15, 0.2) is 12.4 Å². The van der Waals surface area contributed by atoms with E-state index in [-0.39, 0.29) is 0 Å². The lowest BCUT2D eigenvalue weighted by Crippen LogP contribution is -2.46. The van der Waals surface area contributed by atoms with E-state index in [1.54, 1.807) is 6.20 Å². The van der Waals surface area contributed by atoms with Gasteiger partial charge in [-0.1, -0.05) is 0 Å². The lowest BCUT2D eigenvalue weighted by atomic mass is 9.90. The van der Waals surface area contributed by atoms with Crippen molar-refractivity contribution in [2.45, 2.75) is 38.3 Å². The highest BCUT2D eigenvalue weighted by atomic mass is 16.3. The predicted octanol–water partition coefficient (Wildman–Crippen LogP) is 1.11. The summed E-state index contributed by atoms with van der Waals surface area (Å²) in [7, 11) is 1.94. The molecular weight excluding hydrogens is 202 g/mol. The zero-order valence-electron chi connectivity index (χ0n) is 10.3. The first-order valence-corrected chi connectivity index (χ1v) is 5.97. The minimum Gasteiger partial charge on any atom is -0.382 e. The second kappa shape index (κ2) is 4.18. The highest BCUT2D eigenvalue weighted by molar-refractivity contribution is 5.06. The largest absolute Gasteiger partial charge is 0.382 e. The summed E-state index contributed by atoms with van der Waals surface area (Å²) in [6.07, 6.45) is 5.19. The van der Waals surface area contributed by atoms with Gasteiger partial charge in [-0.25, -0.2) is 4.98 Å². The lowest BCUT2D eigenvalue weighted by molar-refractivity contribution is -0.0408. The average Bonchev–Trinajstić information content (AvgIpc) is 2.66. The number of hydrogen-bond donors (Lipinski definition) is 1. The van der Waals surface area contributed by atoms with Gasteiger partial charge in [0.2, 0.25) is 0 Å². The van der Waals surface area contributed by atoms with Crippen molar-refractivity contribution in [3.63, 3.8) is 0 Å². The molecule has 0 radical (unpaired) electrons. The van der Waals surface area contributed by atoms with Crippen molar-refractivity contribution >= 4 is 0 Å². The minimum absolute atomic E-state index is 0.561. The van der Waals surface area contributed by atoms with Crippen LogP contribution >= 0.6 is 0 Å². The van der Waals surface area contributed by atoms with Gasteiger partial charge in [0, 0.05) is 38.6 Å². The molecule has 1 N–H and O–H groups in total. The van der Waals surface area contributed by atoms with Crippen LogP contribution in [0.5, 0.6) is 0 Å². The number of imidazole rings is 1. The molecule has 1 aliphatic heterocycles. The van der Waals surface area contributed by atoms with E-state index in [4.69, 9.17) is 0 Å². The number of likely N-dealkylation sites (tertiary alicyclic amines) is 1. The number of hydrogen-bond acceptors (Lipinski definition) is 3. The summed E-state index contributed by atoms with van der Waals surface area (Å²) in [6.45, 7) is 6.29. The minimum atomic E-state index is -0.732. The summed E-state index contributed by atoms with van der Waals surface area (Å²) in [5.41, 5.74) is -0.732. The molecule has 16 heavy (non-hydrogen) atoms. The molecule has 1 saturated heterocycles.